The van der Waals surface area contributed by atoms with Gasteiger partial charge in [-0.2, -0.15) is 0 Å². The van der Waals surface area contributed by atoms with Crippen LogP contribution in [0.2, 0.25) is 0 Å². The lowest BCUT2D eigenvalue weighted by Gasteiger charge is -2.13. The Hall–Kier alpha value is -1.87. The highest BCUT2D eigenvalue weighted by Crippen LogP contribution is 2.24. The lowest BCUT2D eigenvalue weighted by Crippen LogP contribution is -2.02. The highest BCUT2D eigenvalue weighted by Gasteiger charge is 2.08. The topological polar surface area (TPSA) is 29.5 Å². The van der Waals surface area contributed by atoms with E-state index in [1.165, 1.54) is 6.07 Å². The van der Waals surface area contributed by atoms with Gasteiger partial charge in [0.2, 0.25) is 0 Å². The molecule has 0 aliphatic carbocycles. The zero-order chi connectivity index (χ0) is 13.0. The van der Waals surface area contributed by atoms with Crippen molar-refractivity contribution >= 4 is 0 Å². The van der Waals surface area contributed by atoms with E-state index >= 15 is 0 Å². The quantitative estimate of drug-likeness (QED) is 0.897. The molecule has 0 fully saturated rings. The molecule has 0 aromatic heterocycles. The van der Waals surface area contributed by atoms with Gasteiger partial charge in [0.05, 0.1) is 6.61 Å². The lowest BCUT2D eigenvalue weighted by atomic mass is 10.1. The van der Waals surface area contributed by atoms with Crippen LogP contribution in [-0.2, 0) is 13.2 Å². The van der Waals surface area contributed by atoms with Crippen LogP contribution in [0.15, 0.2) is 42.5 Å². The van der Waals surface area contributed by atoms with Gasteiger partial charge in [-0.05, 0) is 18.6 Å². The summed E-state index contributed by atoms with van der Waals surface area (Å²) in [5.74, 6) is 0.347. The van der Waals surface area contributed by atoms with Crippen molar-refractivity contribution in [1.82, 2.24) is 0 Å². The Kier molecular flexibility index (Phi) is 3.95. The van der Waals surface area contributed by atoms with Crippen molar-refractivity contribution in [1.29, 1.82) is 0 Å². The molecule has 0 bridgehead atoms. The molecule has 0 saturated carbocycles. The van der Waals surface area contributed by atoms with Crippen LogP contribution in [0.3, 0.4) is 0 Å². The number of rotatable bonds is 4. The molecule has 0 saturated heterocycles. The van der Waals surface area contributed by atoms with Gasteiger partial charge in [-0.25, -0.2) is 4.39 Å². The van der Waals surface area contributed by atoms with E-state index in [1.54, 1.807) is 24.3 Å². The van der Waals surface area contributed by atoms with Gasteiger partial charge in [0.25, 0.3) is 0 Å². The molecule has 0 amide bonds. The molecule has 2 nitrogen and oxygen atoms in total. The number of ether oxygens (including phenoxy) is 1. The Morgan fingerprint density at radius 2 is 1.78 bits per heavy atom. The Labute approximate surface area is 106 Å². The lowest BCUT2D eigenvalue weighted by molar-refractivity contribution is 0.256. The summed E-state index contributed by atoms with van der Waals surface area (Å²) in [6, 6.07) is 12.1. The maximum atomic E-state index is 13.4. The van der Waals surface area contributed by atoms with Gasteiger partial charge >= 0.3 is 0 Å². The molecular weight excluding hydrogens is 231 g/mol. The van der Waals surface area contributed by atoms with E-state index in [4.69, 9.17) is 4.74 Å². The maximum Gasteiger partial charge on any atom is 0.129 e. The van der Waals surface area contributed by atoms with Crippen molar-refractivity contribution in [2.45, 2.75) is 20.1 Å². The molecule has 0 aliphatic rings. The second kappa shape index (κ2) is 5.65. The van der Waals surface area contributed by atoms with E-state index in [0.717, 1.165) is 5.56 Å². The average Bonchev–Trinajstić information content (AvgIpc) is 2.39. The normalized spacial score (nSPS) is 10.4. The molecule has 94 valence electrons. The van der Waals surface area contributed by atoms with E-state index in [9.17, 15) is 9.50 Å². The summed E-state index contributed by atoms with van der Waals surface area (Å²) in [6.45, 7) is 1.97. The van der Waals surface area contributed by atoms with Crippen LogP contribution >= 0.6 is 0 Å². The van der Waals surface area contributed by atoms with Crippen molar-refractivity contribution in [3.8, 4) is 5.75 Å². The largest absolute Gasteiger partial charge is 0.488 e. The fraction of sp³-hybridized carbons (Fsp3) is 0.200. The smallest absolute Gasteiger partial charge is 0.129 e. The molecule has 0 radical (unpaired) electrons. The Balaban J connectivity index is 2.18. The van der Waals surface area contributed by atoms with Gasteiger partial charge in [-0.1, -0.05) is 36.4 Å². The summed E-state index contributed by atoms with van der Waals surface area (Å²) in [7, 11) is 0. The second-order valence-electron chi connectivity index (χ2n) is 4.10. The van der Waals surface area contributed by atoms with E-state index < -0.39 is 0 Å². The van der Waals surface area contributed by atoms with Gasteiger partial charge < -0.3 is 9.84 Å². The minimum absolute atomic E-state index is 0.0890. The molecule has 0 spiro atoms. The van der Waals surface area contributed by atoms with Crippen LogP contribution in [-0.4, -0.2) is 5.11 Å². The molecule has 2 aromatic rings. The highest BCUT2D eigenvalue weighted by atomic mass is 19.1. The Morgan fingerprint density at radius 3 is 2.50 bits per heavy atom. The van der Waals surface area contributed by atoms with Crippen LogP contribution in [0.5, 0.6) is 5.75 Å². The number of aliphatic hydroxyl groups is 1. The number of aryl methyl sites for hydroxylation is 1. The first-order valence-electron chi connectivity index (χ1n) is 5.78. The van der Waals surface area contributed by atoms with Crippen LogP contribution in [0, 0.1) is 12.7 Å². The molecule has 3 heteroatoms. The predicted octanol–water partition coefficient (Wildman–Crippen LogP) is 3.21. The summed E-state index contributed by atoms with van der Waals surface area (Å²) in [4.78, 5) is 0. The molecule has 0 unspecified atom stereocenters. The third-order valence-corrected chi connectivity index (χ3v) is 2.79. The van der Waals surface area contributed by atoms with E-state index in [0.29, 0.717) is 16.9 Å². The minimum Gasteiger partial charge on any atom is -0.488 e. The van der Waals surface area contributed by atoms with E-state index in [1.807, 2.05) is 19.1 Å². The summed E-state index contributed by atoms with van der Waals surface area (Å²) in [6.07, 6.45) is 0. The summed E-state index contributed by atoms with van der Waals surface area (Å²) in [5, 5.41) is 9.24. The monoisotopic (exact) mass is 246 g/mol. The van der Waals surface area contributed by atoms with E-state index in [2.05, 4.69) is 0 Å². The maximum absolute atomic E-state index is 13.4. The van der Waals surface area contributed by atoms with Crippen molar-refractivity contribution in [3.05, 3.63) is 65.0 Å². The minimum atomic E-state index is -0.281. The number of halogens is 1. The first kappa shape index (κ1) is 12.6. The number of para-hydroxylation sites is 1. The Morgan fingerprint density at radius 1 is 1.06 bits per heavy atom. The number of aliphatic hydroxyl groups excluding tert-OH is 1. The Bertz CT molecular complexity index is 538. The zero-order valence-corrected chi connectivity index (χ0v) is 10.2. The first-order chi connectivity index (χ1) is 8.72. The predicted molar refractivity (Wildman–Crippen MR) is 67.8 cm³/mol. The molecule has 0 heterocycles. The molecule has 18 heavy (non-hydrogen) atoms. The summed E-state index contributed by atoms with van der Waals surface area (Å²) >= 11 is 0. The van der Waals surface area contributed by atoms with Gasteiger partial charge in [-0.15, -0.1) is 0 Å². The molecule has 0 atom stereocenters. The first-order valence-corrected chi connectivity index (χ1v) is 5.78. The standard InChI is InChI=1S/C15H15FO2/c1-11-5-4-7-12(9-17)15(11)18-10-13-6-2-3-8-14(13)16/h2-8,17H,9-10H2,1H3. The van der Waals surface area contributed by atoms with Crippen LogP contribution in [0.4, 0.5) is 4.39 Å². The third-order valence-electron chi connectivity index (χ3n) is 2.79. The van der Waals surface area contributed by atoms with Gasteiger partial charge in [0.15, 0.2) is 0 Å². The van der Waals surface area contributed by atoms with Gasteiger partial charge in [0.1, 0.15) is 18.2 Å². The third kappa shape index (κ3) is 2.68. The number of hydrogen-bond acceptors (Lipinski definition) is 2. The molecular formula is C15H15FO2. The van der Waals surface area contributed by atoms with Gasteiger partial charge in [-0.3, -0.25) is 0 Å². The molecule has 2 aromatic carbocycles. The van der Waals surface area contributed by atoms with Crippen LogP contribution in [0.25, 0.3) is 0 Å². The summed E-state index contributed by atoms with van der Waals surface area (Å²) < 4.78 is 19.1. The van der Waals surface area contributed by atoms with Crippen LogP contribution < -0.4 is 4.74 Å². The van der Waals surface area contributed by atoms with Crippen molar-refractivity contribution in [3.63, 3.8) is 0 Å². The van der Waals surface area contributed by atoms with Gasteiger partial charge in [0, 0.05) is 11.1 Å². The fourth-order valence-corrected chi connectivity index (χ4v) is 1.81. The number of hydrogen-bond donors (Lipinski definition) is 1. The van der Waals surface area contributed by atoms with Crippen LogP contribution in [0.1, 0.15) is 16.7 Å². The zero-order valence-electron chi connectivity index (χ0n) is 10.2. The molecule has 2 rings (SSSR count). The van der Waals surface area contributed by atoms with Crippen molar-refractivity contribution < 1.29 is 14.2 Å². The van der Waals surface area contributed by atoms with E-state index in [-0.39, 0.29) is 19.0 Å². The number of benzene rings is 2. The fourth-order valence-electron chi connectivity index (χ4n) is 1.81. The molecule has 0 aliphatic heterocycles. The van der Waals surface area contributed by atoms with Crippen molar-refractivity contribution in [2.24, 2.45) is 0 Å². The summed E-state index contributed by atoms with van der Waals surface area (Å²) in [5.41, 5.74) is 2.15. The highest BCUT2D eigenvalue weighted by molar-refractivity contribution is 5.40. The molecule has 1 N–H and O–H groups in total. The SMILES string of the molecule is Cc1cccc(CO)c1OCc1ccccc1F. The average molecular weight is 246 g/mol. The second-order valence-corrected chi connectivity index (χ2v) is 4.10. The van der Waals surface area contributed by atoms with Crippen molar-refractivity contribution in [2.75, 3.05) is 0 Å².